The van der Waals surface area contributed by atoms with Crippen LogP contribution < -0.4 is 11.0 Å². The third kappa shape index (κ3) is 2.57. The molecule has 0 bridgehead atoms. The zero-order valence-corrected chi connectivity index (χ0v) is 13.3. The van der Waals surface area contributed by atoms with Crippen LogP contribution in [0, 0.1) is 6.92 Å². The normalized spacial score (nSPS) is 20.4. The highest BCUT2D eigenvalue weighted by Gasteiger charge is 2.51. The van der Waals surface area contributed by atoms with E-state index in [1.807, 2.05) is 46.9 Å². The molecule has 0 aromatic carbocycles. The van der Waals surface area contributed by atoms with E-state index in [1.165, 1.54) is 0 Å². The molecule has 0 spiro atoms. The number of aromatic nitrogens is 1. The van der Waals surface area contributed by atoms with Gasteiger partial charge in [-0.15, -0.1) is 0 Å². The van der Waals surface area contributed by atoms with E-state index < -0.39 is 7.12 Å². The van der Waals surface area contributed by atoms with E-state index in [2.05, 4.69) is 6.92 Å². The largest absolute Gasteiger partial charge is 0.496 e. The minimum atomic E-state index is -0.414. The van der Waals surface area contributed by atoms with E-state index in [1.54, 1.807) is 4.57 Å². The number of hydrogen-bond donors (Lipinski definition) is 0. The first-order chi connectivity index (χ1) is 9.18. The Kier molecular flexibility index (Phi) is 3.86. The zero-order chi connectivity index (χ0) is 15.1. The smallest absolute Gasteiger partial charge is 0.399 e. The van der Waals surface area contributed by atoms with Crippen molar-refractivity contribution in [3.05, 3.63) is 28.2 Å². The third-order valence-electron chi connectivity index (χ3n) is 4.28. The van der Waals surface area contributed by atoms with Gasteiger partial charge in [0, 0.05) is 18.3 Å². The molecule has 20 heavy (non-hydrogen) atoms. The van der Waals surface area contributed by atoms with Crippen LogP contribution in [0.4, 0.5) is 0 Å². The molecule has 1 aliphatic heterocycles. The van der Waals surface area contributed by atoms with Gasteiger partial charge in [0.1, 0.15) is 0 Å². The van der Waals surface area contributed by atoms with Crippen LogP contribution in [0.5, 0.6) is 0 Å². The molecular formula is C15H24BNO3. The lowest BCUT2D eigenvalue weighted by molar-refractivity contribution is 0.00578. The van der Waals surface area contributed by atoms with E-state index in [0.717, 1.165) is 17.4 Å². The first kappa shape index (κ1) is 15.3. The fraction of sp³-hybridized carbons (Fsp3) is 0.667. The molecule has 0 radical (unpaired) electrons. The summed E-state index contributed by atoms with van der Waals surface area (Å²) in [6.07, 6.45) is 2.78. The Morgan fingerprint density at radius 1 is 1.20 bits per heavy atom. The average molecular weight is 277 g/mol. The Hall–Kier alpha value is -1.07. The summed E-state index contributed by atoms with van der Waals surface area (Å²) in [7, 11) is -0.414. The second-order valence-corrected chi connectivity index (χ2v) is 6.54. The third-order valence-corrected chi connectivity index (χ3v) is 4.28. The molecule has 4 nitrogen and oxygen atoms in total. The van der Waals surface area contributed by atoms with Crippen LogP contribution >= 0.6 is 0 Å². The standard InChI is InChI=1S/C15H24BNO3/c1-7-8-17-10-12(9-11(2)13(17)18)16-19-14(3,4)15(5,6)20-16/h9-10H,7-8H2,1-6H3. The van der Waals surface area contributed by atoms with Crippen molar-refractivity contribution >= 4 is 12.6 Å². The van der Waals surface area contributed by atoms with Crippen molar-refractivity contribution in [1.29, 1.82) is 0 Å². The van der Waals surface area contributed by atoms with Gasteiger partial charge in [0.05, 0.1) is 11.2 Å². The molecule has 0 saturated carbocycles. The van der Waals surface area contributed by atoms with Crippen LogP contribution in [0.2, 0.25) is 0 Å². The number of aryl methyl sites for hydroxylation is 2. The highest BCUT2D eigenvalue weighted by Crippen LogP contribution is 2.36. The maximum absolute atomic E-state index is 12.1. The summed E-state index contributed by atoms with van der Waals surface area (Å²) in [6.45, 7) is 12.7. The van der Waals surface area contributed by atoms with Crippen LogP contribution in [-0.2, 0) is 15.9 Å². The first-order valence-electron chi connectivity index (χ1n) is 7.24. The van der Waals surface area contributed by atoms with Gasteiger partial charge in [-0.05, 0) is 46.5 Å². The number of nitrogens with zero attached hydrogens (tertiary/aromatic N) is 1. The van der Waals surface area contributed by atoms with Gasteiger partial charge in [0.2, 0.25) is 0 Å². The molecular weight excluding hydrogens is 253 g/mol. The van der Waals surface area contributed by atoms with E-state index in [9.17, 15) is 4.79 Å². The van der Waals surface area contributed by atoms with Gasteiger partial charge in [0.15, 0.2) is 0 Å². The predicted molar refractivity (Wildman–Crippen MR) is 81.4 cm³/mol. The number of rotatable bonds is 3. The van der Waals surface area contributed by atoms with Crippen molar-refractivity contribution in [2.45, 2.75) is 65.7 Å². The Morgan fingerprint density at radius 2 is 1.75 bits per heavy atom. The van der Waals surface area contributed by atoms with E-state index in [-0.39, 0.29) is 16.8 Å². The molecule has 0 unspecified atom stereocenters. The summed E-state index contributed by atoms with van der Waals surface area (Å²) in [5, 5.41) is 0. The number of pyridine rings is 1. The summed E-state index contributed by atoms with van der Waals surface area (Å²) in [6, 6.07) is 1.87. The van der Waals surface area contributed by atoms with Crippen LogP contribution in [-0.4, -0.2) is 22.9 Å². The van der Waals surface area contributed by atoms with Crippen molar-refractivity contribution in [2.75, 3.05) is 0 Å². The highest BCUT2D eigenvalue weighted by atomic mass is 16.7. The zero-order valence-electron chi connectivity index (χ0n) is 13.3. The van der Waals surface area contributed by atoms with Crippen LogP contribution in [0.3, 0.4) is 0 Å². The fourth-order valence-corrected chi connectivity index (χ4v) is 2.33. The van der Waals surface area contributed by atoms with Crippen molar-refractivity contribution in [1.82, 2.24) is 4.57 Å². The van der Waals surface area contributed by atoms with Gasteiger partial charge in [0.25, 0.3) is 5.56 Å². The van der Waals surface area contributed by atoms with E-state index >= 15 is 0 Å². The van der Waals surface area contributed by atoms with Crippen LogP contribution in [0.25, 0.3) is 0 Å². The molecule has 5 heteroatoms. The van der Waals surface area contributed by atoms with Gasteiger partial charge in [-0.25, -0.2) is 0 Å². The molecule has 1 fully saturated rings. The first-order valence-corrected chi connectivity index (χ1v) is 7.24. The maximum Gasteiger partial charge on any atom is 0.496 e. The van der Waals surface area contributed by atoms with E-state index in [0.29, 0.717) is 6.54 Å². The van der Waals surface area contributed by atoms with Crippen molar-refractivity contribution in [2.24, 2.45) is 0 Å². The topological polar surface area (TPSA) is 40.5 Å². The fourth-order valence-electron chi connectivity index (χ4n) is 2.33. The molecule has 0 aliphatic carbocycles. The predicted octanol–water partition coefficient (Wildman–Crippen LogP) is 1.87. The minimum Gasteiger partial charge on any atom is -0.399 e. The second-order valence-electron chi connectivity index (χ2n) is 6.54. The van der Waals surface area contributed by atoms with Gasteiger partial charge in [-0.2, -0.15) is 0 Å². The maximum atomic E-state index is 12.1. The van der Waals surface area contributed by atoms with Gasteiger partial charge < -0.3 is 13.9 Å². The summed E-state index contributed by atoms with van der Waals surface area (Å²) >= 11 is 0. The summed E-state index contributed by atoms with van der Waals surface area (Å²) in [4.78, 5) is 12.1. The average Bonchev–Trinajstić information content (AvgIpc) is 2.54. The van der Waals surface area contributed by atoms with Crippen molar-refractivity contribution in [3.8, 4) is 0 Å². The number of hydrogen-bond acceptors (Lipinski definition) is 3. The lowest BCUT2D eigenvalue weighted by Crippen LogP contribution is -2.41. The molecule has 2 heterocycles. The molecule has 0 atom stereocenters. The van der Waals surface area contributed by atoms with Crippen molar-refractivity contribution in [3.63, 3.8) is 0 Å². The van der Waals surface area contributed by atoms with Crippen LogP contribution in [0.1, 0.15) is 46.6 Å². The Balaban J connectivity index is 2.38. The SMILES string of the molecule is CCCn1cc(B2OC(C)(C)C(C)(C)O2)cc(C)c1=O. The monoisotopic (exact) mass is 277 g/mol. The molecule has 1 aromatic heterocycles. The summed E-state index contributed by atoms with van der Waals surface area (Å²) in [5.41, 5.74) is 0.973. The van der Waals surface area contributed by atoms with Gasteiger partial charge in [-0.3, -0.25) is 4.79 Å². The quantitative estimate of drug-likeness (QED) is 0.792. The second kappa shape index (κ2) is 5.04. The molecule has 1 aromatic rings. The van der Waals surface area contributed by atoms with Gasteiger partial charge >= 0.3 is 7.12 Å². The lowest BCUT2D eigenvalue weighted by atomic mass is 9.79. The summed E-state index contributed by atoms with van der Waals surface area (Å²) < 4.78 is 13.8. The lowest BCUT2D eigenvalue weighted by Gasteiger charge is -2.32. The highest BCUT2D eigenvalue weighted by molar-refractivity contribution is 6.62. The minimum absolute atomic E-state index is 0.0621. The molecule has 2 rings (SSSR count). The Labute approximate surface area is 121 Å². The Bertz CT molecular complexity index is 547. The molecule has 1 aliphatic rings. The van der Waals surface area contributed by atoms with E-state index in [4.69, 9.17) is 9.31 Å². The Morgan fingerprint density at radius 3 is 2.25 bits per heavy atom. The molecule has 0 N–H and O–H groups in total. The van der Waals surface area contributed by atoms with Gasteiger partial charge in [-0.1, -0.05) is 13.0 Å². The molecule has 0 amide bonds. The summed E-state index contributed by atoms with van der Waals surface area (Å²) in [5.74, 6) is 0. The molecule has 110 valence electrons. The van der Waals surface area contributed by atoms with Crippen molar-refractivity contribution < 1.29 is 9.31 Å². The molecule has 1 saturated heterocycles. The van der Waals surface area contributed by atoms with Crippen LogP contribution in [0.15, 0.2) is 17.1 Å².